The summed E-state index contributed by atoms with van der Waals surface area (Å²) in [6.45, 7) is 9.95. The Labute approximate surface area is 219 Å². The summed E-state index contributed by atoms with van der Waals surface area (Å²) in [5.41, 5.74) is 1.94. The van der Waals surface area contributed by atoms with Crippen molar-refractivity contribution in [3.05, 3.63) is 52.0 Å². The van der Waals surface area contributed by atoms with Gasteiger partial charge in [-0.15, -0.1) is 5.10 Å². The third-order valence-corrected chi connectivity index (χ3v) is 8.55. The number of rotatable bonds is 8. The monoisotopic (exact) mass is 555 g/mol. The van der Waals surface area contributed by atoms with Crippen LogP contribution in [0.2, 0.25) is 10.0 Å². The molecule has 12 heteroatoms. The molecule has 1 N–H and O–H groups in total. The van der Waals surface area contributed by atoms with Gasteiger partial charge in [0.05, 0.1) is 37.8 Å². The lowest BCUT2D eigenvalue weighted by Gasteiger charge is -2.20. The highest BCUT2D eigenvalue weighted by Gasteiger charge is 2.20. The number of nitrogens with zero attached hydrogens (tertiary/aromatic N) is 4. The Balaban J connectivity index is 1.69. The molecule has 0 aliphatic heterocycles. The summed E-state index contributed by atoms with van der Waals surface area (Å²) >= 11 is 13.9. The number of nitrogens with one attached hydrogen (secondary N) is 1. The molecule has 3 rings (SSSR count). The number of hydrogen-bond donors (Lipinski definition) is 1. The Kier molecular flexibility index (Phi) is 8.52. The average molecular weight is 557 g/mol. The van der Waals surface area contributed by atoms with E-state index in [4.69, 9.17) is 23.2 Å². The lowest BCUT2D eigenvalue weighted by atomic mass is 9.87. The SMILES string of the molecule is CC(C)CS(=O)(=O)c1ccc(NC(=O)CSc2nnnn2-c2ccc(C(C)(C)C)cc2Cl)c(Cl)c1. The van der Waals surface area contributed by atoms with Gasteiger partial charge in [0.25, 0.3) is 0 Å². The van der Waals surface area contributed by atoms with E-state index in [1.165, 1.54) is 22.9 Å². The zero-order valence-electron chi connectivity index (χ0n) is 20.0. The number of thioether (sulfide) groups is 1. The maximum absolute atomic E-state index is 12.5. The number of aromatic nitrogens is 4. The van der Waals surface area contributed by atoms with Gasteiger partial charge in [-0.25, -0.2) is 8.42 Å². The van der Waals surface area contributed by atoms with E-state index < -0.39 is 9.84 Å². The van der Waals surface area contributed by atoms with Crippen molar-refractivity contribution < 1.29 is 13.2 Å². The second kappa shape index (κ2) is 10.9. The molecule has 0 aliphatic rings. The summed E-state index contributed by atoms with van der Waals surface area (Å²) in [6, 6.07) is 9.97. The largest absolute Gasteiger partial charge is 0.324 e. The molecule has 0 bridgehead atoms. The first kappa shape index (κ1) is 27.4. The standard InChI is InChI=1S/C23H27Cl2N5O3S2/c1-14(2)13-35(32,33)16-7-8-19(17(24)11-16)26-21(31)12-34-22-27-28-29-30(22)20-9-6-15(10-18(20)25)23(3,4)5/h6-11,14H,12-13H2,1-5H3,(H,26,31). The van der Waals surface area contributed by atoms with Gasteiger partial charge in [0.15, 0.2) is 9.84 Å². The van der Waals surface area contributed by atoms with Crippen LogP contribution in [0.1, 0.15) is 40.2 Å². The summed E-state index contributed by atoms with van der Waals surface area (Å²) in [6.07, 6.45) is 0. The smallest absolute Gasteiger partial charge is 0.234 e. The zero-order valence-corrected chi connectivity index (χ0v) is 23.2. The fraction of sp³-hybridized carbons (Fsp3) is 0.391. The summed E-state index contributed by atoms with van der Waals surface area (Å²) in [4.78, 5) is 12.7. The van der Waals surface area contributed by atoms with Crippen LogP contribution in [-0.4, -0.2) is 46.0 Å². The van der Waals surface area contributed by atoms with Crippen LogP contribution in [0.25, 0.3) is 5.69 Å². The fourth-order valence-corrected chi connectivity index (χ4v) is 6.09. The van der Waals surface area contributed by atoms with E-state index in [-0.39, 0.29) is 38.7 Å². The number of carbonyl (C=O) groups is 1. The molecule has 1 amide bonds. The topological polar surface area (TPSA) is 107 Å². The number of sulfone groups is 1. The number of tetrazole rings is 1. The van der Waals surface area contributed by atoms with E-state index in [1.54, 1.807) is 0 Å². The molecule has 0 unspecified atom stereocenters. The third-order valence-electron chi connectivity index (χ3n) is 4.94. The molecule has 3 aromatic rings. The summed E-state index contributed by atoms with van der Waals surface area (Å²) in [5, 5.41) is 15.4. The Morgan fingerprint density at radius 2 is 1.83 bits per heavy atom. The first-order valence-corrected chi connectivity index (χ1v) is 14.2. The van der Waals surface area contributed by atoms with Crippen molar-refractivity contribution in [2.24, 2.45) is 5.92 Å². The van der Waals surface area contributed by atoms with Crippen LogP contribution < -0.4 is 5.32 Å². The Bertz CT molecular complexity index is 1340. The summed E-state index contributed by atoms with van der Waals surface area (Å²) < 4.78 is 26.3. The van der Waals surface area contributed by atoms with Crippen molar-refractivity contribution in [3.63, 3.8) is 0 Å². The molecule has 0 atom stereocenters. The second-order valence-electron chi connectivity index (χ2n) is 9.44. The number of halogens is 2. The number of hydrogen-bond acceptors (Lipinski definition) is 7. The van der Waals surface area contributed by atoms with Crippen LogP contribution in [0, 0.1) is 5.92 Å². The highest BCUT2D eigenvalue weighted by atomic mass is 35.5. The van der Waals surface area contributed by atoms with E-state index in [9.17, 15) is 13.2 Å². The normalized spacial score (nSPS) is 12.2. The van der Waals surface area contributed by atoms with Gasteiger partial charge < -0.3 is 5.32 Å². The van der Waals surface area contributed by atoms with E-state index in [0.717, 1.165) is 17.3 Å². The molecule has 0 spiro atoms. The van der Waals surface area contributed by atoms with Crippen molar-refractivity contribution in [3.8, 4) is 5.69 Å². The van der Waals surface area contributed by atoms with E-state index >= 15 is 0 Å². The maximum Gasteiger partial charge on any atom is 0.234 e. The van der Waals surface area contributed by atoms with Gasteiger partial charge in [-0.2, -0.15) is 4.68 Å². The Hall–Kier alpha value is -2.14. The van der Waals surface area contributed by atoms with E-state index in [0.29, 0.717) is 21.6 Å². The first-order valence-electron chi connectivity index (χ1n) is 10.8. The van der Waals surface area contributed by atoms with Crippen molar-refractivity contribution in [1.82, 2.24) is 20.2 Å². The number of carbonyl (C=O) groups excluding carboxylic acids is 1. The molecule has 8 nitrogen and oxygen atoms in total. The predicted molar refractivity (Wildman–Crippen MR) is 141 cm³/mol. The summed E-state index contributed by atoms with van der Waals surface area (Å²) in [7, 11) is -3.45. The van der Waals surface area contributed by atoms with Gasteiger partial charge >= 0.3 is 0 Å². The molecule has 2 aromatic carbocycles. The molecular weight excluding hydrogens is 529 g/mol. The van der Waals surface area contributed by atoms with Crippen LogP contribution in [0.5, 0.6) is 0 Å². The van der Waals surface area contributed by atoms with Crippen LogP contribution in [-0.2, 0) is 20.0 Å². The lowest BCUT2D eigenvalue weighted by molar-refractivity contribution is -0.113. The van der Waals surface area contributed by atoms with Gasteiger partial charge in [0, 0.05) is 0 Å². The van der Waals surface area contributed by atoms with Gasteiger partial charge in [0.2, 0.25) is 11.1 Å². The Morgan fingerprint density at radius 1 is 1.11 bits per heavy atom. The van der Waals surface area contributed by atoms with Crippen molar-refractivity contribution >= 4 is 56.4 Å². The van der Waals surface area contributed by atoms with Crippen LogP contribution in [0.15, 0.2) is 46.5 Å². The number of benzene rings is 2. The molecular formula is C23H27Cl2N5O3S2. The first-order chi connectivity index (χ1) is 16.3. The lowest BCUT2D eigenvalue weighted by Crippen LogP contribution is -2.16. The molecule has 0 radical (unpaired) electrons. The van der Waals surface area contributed by atoms with Crippen molar-refractivity contribution in [1.29, 1.82) is 0 Å². The van der Waals surface area contributed by atoms with E-state index in [1.807, 2.05) is 32.0 Å². The minimum atomic E-state index is -3.45. The predicted octanol–water partition coefficient (Wildman–Crippen LogP) is 5.43. The fourth-order valence-electron chi connectivity index (χ4n) is 3.21. The second-order valence-corrected chi connectivity index (χ2v) is 13.2. The quantitative estimate of drug-likeness (QED) is 0.369. The molecule has 0 fully saturated rings. The maximum atomic E-state index is 12.5. The molecule has 35 heavy (non-hydrogen) atoms. The van der Waals surface area contributed by atoms with Crippen LogP contribution in [0.4, 0.5) is 5.69 Å². The molecule has 1 aromatic heterocycles. The van der Waals surface area contributed by atoms with Crippen LogP contribution >= 0.6 is 35.0 Å². The minimum absolute atomic E-state index is 0.00178. The highest BCUT2D eigenvalue weighted by Crippen LogP contribution is 2.31. The minimum Gasteiger partial charge on any atom is -0.324 e. The average Bonchev–Trinajstić information content (AvgIpc) is 3.20. The van der Waals surface area contributed by atoms with Gasteiger partial charge in [0.1, 0.15) is 0 Å². The molecule has 0 saturated heterocycles. The zero-order chi connectivity index (χ0) is 26.0. The van der Waals surface area contributed by atoms with Crippen molar-refractivity contribution in [2.45, 2.75) is 50.1 Å². The highest BCUT2D eigenvalue weighted by molar-refractivity contribution is 7.99. The third kappa shape index (κ3) is 6.97. The van der Waals surface area contributed by atoms with E-state index in [2.05, 4.69) is 41.6 Å². The van der Waals surface area contributed by atoms with Crippen molar-refractivity contribution in [2.75, 3.05) is 16.8 Å². The Morgan fingerprint density at radius 3 is 2.43 bits per heavy atom. The van der Waals surface area contributed by atoms with Crippen LogP contribution in [0.3, 0.4) is 0 Å². The van der Waals surface area contributed by atoms with Gasteiger partial charge in [-0.1, -0.05) is 75.6 Å². The summed E-state index contributed by atoms with van der Waals surface area (Å²) in [5.74, 6) is -0.345. The van der Waals surface area contributed by atoms with Gasteiger partial charge in [-0.3, -0.25) is 4.79 Å². The molecule has 188 valence electrons. The number of anilines is 1. The molecule has 0 saturated carbocycles. The molecule has 1 heterocycles. The number of amides is 1. The molecule has 0 aliphatic carbocycles. The van der Waals surface area contributed by atoms with Gasteiger partial charge in [-0.05, 0) is 57.7 Å².